The first-order chi connectivity index (χ1) is 13.8. The summed E-state index contributed by atoms with van der Waals surface area (Å²) < 4.78 is 41.5. The van der Waals surface area contributed by atoms with Crippen molar-refractivity contribution in [2.75, 3.05) is 16.2 Å². The zero-order chi connectivity index (χ0) is 20.6. The van der Waals surface area contributed by atoms with E-state index < -0.39 is 15.8 Å². The zero-order valence-electron chi connectivity index (χ0n) is 15.6. The largest absolute Gasteiger partial charge is 0.308 e. The molecule has 1 aliphatic rings. The van der Waals surface area contributed by atoms with Gasteiger partial charge in [-0.15, -0.1) is 0 Å². The highest BCUT2D eigenvalue weighted by atomic mass is 32.2. The summed E-state index contributed by atoms with van der Waals surface area (Å²) in [6.45, 7) is 2.11. The number of rotatable bonds is 4. The molecule has 8 heteroatoms. The lowest BCUT2D eigenvalue weighted by Gasteiger charge is -2.18. The number of carbonyl (C=O) groups excluding carboxylic acids is 1. The molecule has 0 bridgehead atoms. The van der Waals surface area contributed by atoms with E-state index in [4.69, 9.17) is 0 Å². The second-order valence-electron chi connectivity index (χ2n) is 6.80. The van der Waals surface area contributed by atoms with Crippen LogP contribution in [0.1, 0.15) is 21.5 Å². The molecule has 0 saturated carbocycles. The molecule has 1 aliphatic heterocycles. The van der Waals surface area contributed by atoms with E-state index in [0.29, 0.717) is 35.5 Å². The number of sulfonamides is 1. The fraction of sp³-hybridized carbons (Fsp3) is 0.143. The van der Waals surface area contributed by atoms with Gasteiger partial charge in [0.2, 0.25) is 0 Å². The van der Waals surface area contributed by atoms with Crippen molar-refractivity contribution < 1.29 is 17.6 Å². The minimum atomic E-state index is -3.98. The van der Waals surface area contributed by atoms with Crippen LogP contribution in [0, 0.1) is 12.7 Å². The number of fused-ring (bicyclic) bond motifs is 1. The highest BCUT2D eigenvalue weighted by molar-refractivity contribution is 7.92. The third-order valence-corrected chi connectivity index (χ3v) is 6.37. The lowest BCUT2D eigenvalue weighted by atomic mass is 10.1. The first kappa shape index (κ1) is 19.1. The Morgan fingerprint density at radius 3 is 2.62 bits per heavy atom. The van der Waals surface area contributed by atoms with Crippen LogP contribution in [0.5, 0.6) is 0 Å². The van der Waals surface area contributed by atoms with Crippen molar-refractivity contribution in [1.82, 2.24) is 4.98 Å². The molecular formula is C21H18FN3O3S. The number of carbonyl (C=O) groups is 1. The zero-order valence-corrected chi connectivity index (χ0v) is 16.4. The predicted molar refractivity (Wildman–Crippen MR) is 108 cm³/mol. The van der Waals surface area contributed by atoms with Crippen molar-refractivity contribution in [3.63, 3.8) is 0 Å². The third kappa shape index (κ3) is 3.71. The SMILES string of the molecule is Cc1ccc(F)cc1S(=O)(=O)Nc1ccc2c(c1)N(C(=O)c1ccncc1)CC2. The topological polar surface area (TPSA) is 79.4 Å². The van der Waals surface area contributed by atoms with E-state index in [1.165, 1.54) is 12.1 Å². The number of amides is 1. The average Bonchev–Trinajstić information content (AvgIpc) is 3.12. The predicted octanol–water partition coefficient (Wildman–Crippen LogP) is 3.53. The second kappa shape index (κ2) is 7.29. The maximum absolute atomic E-state index is 13.6. The monoisotopic (exact) mass is 411 g/mol. The van der Waals surface area contributed by atoms with E-state index in [2.05, 4.69) is 9.71 Å². The quantitative estimate of drug-likeness (QED) is 0.712. The van der Waals surface area contributed by atoms with Crippen molar-refractivity contribution in [1.29, 1.82) is 0 Å². The molecule has 0 aliphatic carbocycles. The molecule has 0 fully saturated rings. The number of hydrogen-bond acceptors (Lipinski definition) is 4. The Labute approximate surface area is 168 Å². The van der Waals surface area contributed by atoms with Crippen LogP contribution in [0.4, 0.5) is 15.8 Å². The van der Waals surface area contributed by atoms with Gasteiger partial charge in [0.15, 0.2) is 0 Å². The van der Waals surface area contributed by atoms with E-state index in [1.807, 2.05) is 0 Å². The molecule has 0 unspecified atom stereocenters. The molecule has 0 radical (unpaired) electrons. The molecule has 3 aromatic rings. The van der Waals surface area contributed by atoms with E-state index >= 15 is 0 Å². The molecule has 0 saturated heterocycles. The van der Waals surface area contributed by atoms with E-state index in [1.54, 1.807) is 54.5 Å². The number of pyridine rings is 1. The molecule has 29 heavy (non-hydrogen) atoms. The first-order valence-electron chi connectivity index (χ1n) is 8.99. The van der Waals surface area contributed by atoms with Gasteiger partial charge in [0.05, 0.1) is 10.6 Å². The Bertz CT molecular complexity index is 1200. The molecule has 4 rings (SSSR count). The normalized spacial score (nSPS) is 13.2. The molecule has 6 nitrogen and oxygen atoms in total. The van der Waals surface area contributed by atoms with Crippen molar-refractivity contribution in [2.24, 2.45) is 0 Å². The van der Waals surface area contributed by atoms with Crippen molar-refractivity contribution in [3.05, 3.63) is 83.4 Å². The number of nitrogens with zero attached hydrogens (tertiary/aromatic N) is 2. The van der Waals surface area contributed by atoms with E-state index in [9.17, 15) is 17.6 Å². The Kier molecular flexibility index (Phi) is 4.79. The summed E-state index contributed by atoms with van der Waals surface area (Å²) in [6, 6.07) is 12.0. The number of benzene rings is 2. The summed E-state index contributed by atoms with van der Waals surface area (Å²) in [5, 5.41) is 0. The first-order valence-corrected chi connectivity index (χ1v) is 10.5. The van der Waals surface area contributed by atoms with Gasteiger partial charge in [-0.05, 0) is 60.9 Å². The number of aromatic nitrogens is 1. The third-order valence-electron chi connectivity index (χ3n) is 4.85. The number of halogens is 1. The fourth-order valence-electron chi connectivity index (χ4n) is 3.38. The Morgan fingerprint density at radius 2 is 1.86 bits per heavy atom. The van der Waals surface area contributed by atoms with Crippen LogP contribution in [0.15, 0.2) is 65.8 Å². The van der Waals surface area contributed by atoms with Crippen molar-refractivity contribution in [3.8, 4) is 0 Å². The molecule has 1 amide bonds. The smallest absolute Gasteiger partial charge is 0.262 e. The highest BCUT2D eigenvalue weighted by Crippen LogP contribution is 2.33. The van der Waals surface area contributed by atoms with Gasteiger partial charge in [-0.25, -0.2) is 12.8 Å². The van der Waals surface area contributed by atoms with Crippen LogP contribution in [-0.4, -0.2) is 25.9 Å². The molecule has 148 valence electrons. The van der Waals surface area contributed by atoms with Gasteiger partial charge in [-0.1, -0.05) is 12.1 Å². The average molecular weight is 411 g/mol. The lowest BCUT2D eigenvalue weighted by molar-refractivity contribution is 0.0989. The van der Waals surface area contributed by atoms with Crippen molar-refractivity contribution in [2.45, 2.75) is 18.2 Å². The Hall–Kier alpha value is -3.26. The number of anilines is 2. The summed E-state index contributed by atoms with van der Waals surface area (Å²) in [4.78, 5) is 18.2. The number of hydrogen-bond donors (Lipinski definition) is 1. The van der Waals surface area contributed by atoms with Gasteiger partial charge >= 0.3 is 0 Å². The summed E-state index contributed by atoms with van der Waals surface area (Å²) in [6.07, 6.45) is 3.79. The Balaban J connectivity index is 1.65. The molecule has 0 atom stereocenters. The van der Waals surface area contributed by atoms with Gasteiger partial charge in [0.25, 0.3) is 15.9 Å². The van der Waals surface area contributed by atoms with Crippen LogP contribution in [-0.2, 0) is 16.4 Å². The van der Waals surface area contributed by atoms with Crippen LogP contribution in [0.25, 0.3) is 0 Å². The maximum atomic E-state index is 13.6. The van der Waals surface area contributed by atoms with Crippen LogP contribution in [0.2, 0.25) is 0 Å². The summed E-state index contributed by atoms with van der Waals surface area (Å²) in [5.74, 6) is -0.800. The van der Waals surface area contributed by atoms with Gasteiger partial charge in [0.1, 0.15) is 5.82 Å². The molecule has 2 heterocycles. The second-order valence-corrected chi connectivity index (χ2v) is 8.45. The van der Waals surface area contributed by atoms with Crippen molar-refractivity contribution >= 4 is 27.3 Å². The summed E-state index contributed by atoms with van der Waals surface area (Å²) in [7, 11) is -3.98. The summed E-state index contributed by atoms with van der Waals surface area (Å²) in [5.41, 5.74) is 2.87. The van der Waals surface area contributed by atoms with E-state index in [-0.39, 0.29) is 10.8 Å². The molecule has 2 aromatic carbocycles. The van der Waals surface area contributed by atoms with Crippen LogP contribution >= 0.6 is 0 Å². The van der Waals surface area contributed by atoms with Gasteiger partial charge in [-0.2, -0.15) is 0 Å². The van der Waals surface area contributed by atoms with Crippen LogP contribution in [0.3, 0.4) is 0 Å². The minimum Gasteiger partial charge on any atom is -0.308 e. The number of nitrogens with one attached hydrogen (secondary N) is 1. The molecule has 1 aromatic heterocycles. The van der Waals surface area contributed by atoms with Gasteiger partial charge in [0, 0.05) is 30.2 Å². The van der Waals surface area contributed by atoms with E-state index in [0.717, 1.165) is 11.6 Å². The lowest BCUT2D eigenvalue weighted by Crippen LogP contribution is -2.28. The van der Waals surface area contributed by atoms with Gasteiger partial charge in [-0.3, -0.25) is 14.5 Å². The number of aryl methyl sites for hydroxylation is 1. The molecular weight excluding hydrogens is 393 g/mol. The molecule has 1 N–H and O–H groups in total. The fourth-order valence-corrected chi connectivity index (χ4v) is 4.68. The Morgan fingerprint density at radius 1 is 1.10 bits per heavy atom. The van der Waals surface area contributed by atoms with Crippen LogP contribution < -0.4 is 9.62 Å². The maximum Gasteiger partial charge on any atom is 0.262 e. The highest BCUT2D eigenvalue weighted by Gasteiger charge is 2.27. The summed E-state index contributed by atoms with van der Waals surface area (Å²) >= 11 is 0. The minimum absolute atomic E-state index is 0.122. The standard InChI is InChI=1S/C21H18FN3O3S/c1-14-2-4-17(22)12-20(14)29(27,28)24-18-5-3-15-8-11-25(19(15)13-18)21(26)16-6-9-23-10-7-16/h2-7,9-10,12-13,24H,8,11H2,1H3. The molecule has 0 spiro atoms. The van der Waals surface area contributed by atoms with Gasteiger partial charge < -0.3 is 4.90 Å².